The first-order valence-electron chi connectivity index (χ1n) is 5.53. The van der Waals surface area contributed by atoms with E-state index in [1.54, 1.807) is 0 Å². The van der Waals surface area contributed by atoms with Crippen molar-refractivity contribution < 1.29 is 0 Å². The van der Waals surface area contributed by atoms with E-state index < -0.39 is 0 Å². The number of hydrogen-bond donors (Lipinski definition) is 1. The fourth-order valence-electron chi connectivity index (χ4n) is 1.69. The van der Waals surface area contributed by atoms with Gasteiger partial charge in [-0.2, -0.15) is 0 Å². The van der Waals surface area contributed by atoms with E-state index in [0.29, 0.717) is 5.41 Å². The van der Waals surface area contributed by atoms with E-state index >= 15 is 0 Å². The lowest BCUT2D eigenvalue weighted by Crippen LogP contribution is -2.32. The minimum absolute atomic E-state index is 0.368. The average Bonchev–Trinajstić information content (AvgIpc) is 2.88. The Balaban J connectivity index is 1.84. The van der Waals surface area contributed by atoms with Crippen molar-refractivity contribution in [1.29, 1.82) is 0 Å². The van der Waals surface area contributed by atoms with Crippen LogP contribution in [0.5, 0.6) is 0 Å². The van der Waals surface area contributed by atoms with Crippen LogP contribution < -0.4 is 5.32 Å². The van der Waals surface area contributed by atoms with Gasteiger partial charge in [0.05, 0.1) is 3.79 Å². The SMILES string of the molecule is CC(C)(CNC1CC1)Cc1ccc(Br)s1. The third-order valence-electron chi connectivity index (χ3n) is 2.73. The minimum atomic E-state index is 0.368. The van der Waals surface area contributed by atoms with Gasteiger partial charge in [-0.25, -0.2) is 0 Å². The van der Waals surface area contributed by atoms with Crippen molar-refractivity contribution in [3.63, 3.8) is 0 Å². The maximum atomic E-state index is 3.62. The summed E-state index contributed by atoms with van der Waals surface area (Å²) < 4.78 is 1.24. The molecule has 0 bridgehead atoms. The first-order valence-corrected chi connectivity index (χ1v) is 7.14. The lowest BCUT2D eigenvalue weighted by Gasteiger charge is -2.24. The molecular weight excluding hydrogens is 270 g/mol. The Labute approximate surface area is 104 Å². The van der Waals surface area contributed by atoms with Gasteiger partial charge < -0.3 is 5.32 Å². The van der Waals surface area contributed by atoms with Gasteiger partial charge >= 0.3 is 0 Å². The minimum Gasteiger partial charge on any atom is -0.313 e. The third kappa shape index (κ3) is 3.89. The van der Waals surface area contributed by atoms with E-state index in [-0.39, 0.29) is 0 Å². The number of nitrogens with one attached hydrogen (secondary N) is 1. The van der Waals surface area contributed by atoms with Crippen molar-refractivity contribution in [2.45, 2.75) is 39.2 Å². The van der Waals surface area contributed by atoms with Crippen LogP contribution in [0.1, 0.15) is 31.6 Å². The van der Waals surface area contributed by atoms with Crippen molar-refractivity contribution in [3.8, 4) is 0 Å². The molecular formula is C12H18BrNS. The highest BCUT2D eigenvalue weighted by Gasteiger charge is 2.25. The molecule has 1 fully saturated rings. The van der Waals surface area contributed by atoms with Crippen LogP contribution in [-0.4, -0.2) is 12.6 Å². The van der Waals surface area contributed by atoms with Crippen molar-refractivity contribution >= 4 is 27.3 Å². The van der Waals surface area contributed by atoms with Gasteiger partial charge in [0, 0.05) is 17.5 Å². The van der Waals surface area contributed by atoms with E-state index in [1.165, 1.54) is 27.9 Å². The Kier molecular flexibility index (Phi) is 3.53. The van der Waals surface area contributed by atoms with Crippen LogP contribution in [0.25, 0.3) is 0 Å². The Hall–Kier alpha value is 0.140. The summed E-state index contributed by atoms with van der Waals surface area (Å²) in [6, 6.07) is 5.19. The summed E-state index contributed by atoms with van der Waals surface area (Å²) in [5, 5.41) is 3.62. The van der Waals surface area contributed by atoms with Crippen molar-refractivity contribution in [2.24, 2.45) is 5.41 Å². The highest BCUT2D eigenvalue weighted by Crippen LogP contribution is 2.29. The van der Waals surface area contributed by atoms with Gasteiger partial charge in [-0.1, -0.05) is 13.8 Å². The predicted octanol–water partition coefficient (Wildman–Crippen LogP) is 3.83. The summed E-state index contributed by atoms with van der Waals surface area (Å²) in [5.74, 6) is 0. The molecule has 0 atom stereocenters. The highest BCUT2D eigenvalue weighted by molar-refractivity contribution is 9.11. The zero-order valence-corrected chi connectivity index (χ0v) is 11.7. The molecule has 0 spiro atoms. The lowest BCUT2D eigenvalue weighted by atomic mass is 9.88. The summed E-state index contributed by atoms with van der Waals surface area (Å²) >= 11 is 5.37. The highest BCUT2D eigenvalue weighted by atomic mass is 79.9. The second kappa shape index (κ2) is 4.56. The Morgan fingerprint density at radius 2 is 2.20 bits per heavy atom. The molecule has 3 heteroatoms. The lowest BCUT2D eigenvalue weighted by molar-refractivity contribution is 0.339. The fourth-order valence-corrected chi connectivity index (χ4v) is 3.43. The van der Waals surface area contributed by atoms with Gasteiger partial charge in [-0.05, 0) is 52.7 Å². The zero-order chi connectivity index (χ0) is 10.9. The quantitative estimate of drug-likeness (QED) is 0.868. The number of halogens is 1. The molecule has 0 aromatic carbocycles. The maximum absolute atomic E-state index is 3.62. The van der Waals surface area contributed by atoms with E-state index in [4.69, 9.17) is 0 Å². The topological polar surface area (TPSA) is 12.0 Å². The molecule has 1 aromatic heterocycles. The van der Waals surface area contributed by atoms with Crippen LogP contribution in [0, 0.1) is 5.41 Å². The monoisotopic (exact) mass is 287 g/mol. The molecule has 0 amide bonds. The zero-order valence-electron chi connectivity index (χ0n) is 9.35. The molecule has 1 heterocycles. The normalized spacial score (nSPS) is 17.0. The number of hydrogen-bond acceptors (Lipinski definition) is 2. The fraction of sp³-hybridized carbons (Fsp3) is 0.667. The van der Waals surface area contributed by atoms with Gasteiger partial charge in [-0.3, -0.25) is 0 Å². The van der Waals surface area contributed by atoms with Crippen LogP contribution in [0.15, 0.2) is 15.9 Å². The van der Waals surface area contributed by atoms with Crippen LogP contribution in [0.4, 0.5) is 0 Å². The largest absolute Gasteiger partial charge is 0.313 e. The van der Waals surface area contributed by atoms with Crippen LogP contribution >= 0.6 is 27.3 Å². The van der Waals surface area contributed by atoms with E-state index in [9.17, 15) is 0 Å². The molecule has 2 rings (SSSR count). The molecule has 1 nitrogen and oxygen atoms in total. The summed E-state index contributed by atoms with van der Waals surface area (Å²) in [6.07, 6.45) is 3.92. The van der Waals surface area contributed by atoms with Gasteiger partial charge in [0.25, 0.3) is 0 Å². The van der Waals surface area contributed by atoms with E-state index in [1.807, 2.05) is 11.3 Å². The smallest absolute Gasteiger partial charge is 0.0701 e. The summed E-state index contributed by atoms with van der Waals surface area (Å²) in [5.41, 5.74) is 0.368. The van der Waals surface area contributed by atoms with Gasteiger partial charge in [-0.15, -0.1) is 11.3 Å². The molecule has 0 aliphatic heterocycles. The molecule has 0 saturated heterocycles. The van der Waals surface area contributed by atoms with Gasteiger partial charge in [0.1, 0.15) is 0 Å². The number of rotatable bonds is 5. The van der Waals surface area contributed by atoms with Crippen LogP contribution in [0.3, 0.4) is 0 Å². The number of thiophene rings is 1. The van der Waals surface area contributed by atoms with Crippen molar-refractivity contribution in [3.05, 3.63) is 20.8 Å². The molecule has 15 heavy (non-hydrogen) atoms. The molecule has 0 radical (unpaired) electrons. The Bertz CT molecular complexity index is 328. The van der Waals surface area contributed by atoms with Gasteiger partial charge in [0.2, 0.25) is 0 Å². The molecule has 1 aromatic rings. The molecule has 1 aliphatic carbocycles. The van der Waals surface area contributed by atoms with E-state index in [0.717, 1.165) is 12.6 Å². The molecule has 84 valence electrons. The summed E-state index contributed by atoms with van der Waals surface area (Å²) in [6.45, 7) is 5.82. The second-order valence-corrected chi connectivity index (χ2v) is 7.75. The summed E-state index contributed by atoms with van der Waals surface area (Å²) in [7, 11) is 0. The third-order valence-corrected chi connectivity index (χ3v) is 4.35. The van der Waals surface area contributed by atoms with Crippen LogP contribution in [0.2, 0.25) is 0 Å². The Morgan fingerprint density at radius 3 is 2.73 bits per heavy atom. The van der Waals surface area contributed by atoms with Gasteiger partial charge in [0.15, 0.2) is 0 Å². The second-order valence-electron chi connectivity index (χ2n) is 5.20. The average molecular weight is 288 g/mol. The molecule has 1 N–H and O–H groups in total. The maximum Gasteiger partial charge on any atom is 0.0701 e. The predicted molar refractivity (Wildman–Crippen MR) is 70.5 cm³/mol. The van der Waals surface area contributed by atoms with Crippen molar-refractivity contribution in [1.82, 2.24) is 5.32 Å². The van der Waals surface area contributed by atoms with Crippen molar-refractivity contribution in [2.75, 3.05) is 6.54 Å². The van der Waals surface area contributed by atoms with Crippen LogP contribution in [-0.2, 0) is 6.42 Å². The molecule has 1 saturated carbocycles. The first-order chi connectivity index (χ1) is 7.05. The van der Waals surface area contributed by atoms with E-state index in [2.05, 4.69) is 47.2 Å². The first kappa shape index (κ1) is 11.6. The Morgan fingerprint density at radius 1 is 1.47 bits per heavy atom. The summed E-state index contributed by atoms with van der Waals surface area (Å²) in [4.78, 5) is 1.48. The standard InChI is InChI=1S/C12H18BrNS/c1-12(2,8-14-9-3-4-9)7-10-5-6-11(13)15-10/h5-6,9,14H,3-4,7-8H2,1-2H3. The molecule has 1 aliphatic rings. The molecule has 0 unspecified atom stereocenters.